The fourth-order valence-electron chi connectivity index (χ4n) is 2.99. The zero-order chi connectivity index (χ0) is 20.1. The molecule has 0 radical (unpaired) electrons. The van der Waals surface area contributed by atoms with Crippen LogP contribution >= 0.6 is 34.4 Å². The smallest absolute Gasteiger partial charge is 0.233 e. The highest BCUT2D eigenvalue weighted by Gasteiger charge is 2.21. The Morgan fingerprint density at radius 2 is 1.97 bits per heavy atom. The lowest BCUT2D eigenvalue weighted by atomic mass is 10.3. The summed E-state index contributed by atoms with van der Waals surface area (Å²) in [6.45, 7) is 4.24. The summed E-state index contributed by atoms with van der Waals surface area (Å²) in [6, 6.07) is 10.6. The number of carbonyl (C=O) groups is 1. The Labute approximate surface area is 180 Å². The van der Waals surface area contributed by atoms with E-state index in [0.717, 1.165) is 32.7 Å². The van der Waals surface area contributed by atoms with Gasteiger partial charge < -0.3 is 10.2 Å². The van der Waals surface area contributed by atoms with Crippen LogP contribution in [0.2, 0.25) is 0 Å². The SMILES string of the molecule is O=C(CSc1nnc(Nc2ccccc2F)s1)N1CCN(Cc2cccs2)CC1. The van der Waals surface area contributed by atoms with E-state index in [1.807, 2.05) is 4.90 Å². The molecule has 1 fully saturated rings. The summed E-state index contributed by atoms with van der Waals surface area (Å²) in [5.74, 6) is 0.106. The second-order valence-electron chi connectivity index (χ2n) is 6.50. The number of aromatic nitrogens is 2. The van der Waals surface area contributed by atoms with Crippen molar-refractivity contribution in [3.05, 3.63) is 52.5 Å². The molecule has 0 atom stereocenters. The molecule has 0 spiro atoms. The molecule has 152 valence electrons. The summed E-state index contributed by atoms with van der Waals surface area (Å²) in [5.41, 5.74) is 0.358. The first-order chi connectivity index (χ1) is 14.2. The number of hydrogen-bond donors (Lipinski definition) is 1. The van der Waals surface area contributed by atoms with Crippen LogP contribution < -0.4 is 5.32 Å². The predicted octanol–water partition coefficient (Wildman–Crippen LogP) is 3.92. The van der Waals surface area contributed by atoms with Gasteiger partial charge in [0, 0.05) is 37.6 Å². The van der Waals surface area contributed by atoms with E-state index in [2.05, 4.69) is 37.9 Å². The summed E-state index contributed by atoms with van der Waals surface area (Å²) in [6.07, 6.45) is 0. The van der Waals surface area contributed by atoms with Crippen LogP contribution in [0.25, 0.3) is 0 Å². The maximum atomic E-state index is 13.7. The minimum Gasteiger partial charge on any atom is -0.339 e. The molecule has 29 heavy (non-hydrogen) atoms. The minimum absolute atomic E-state index is 0.115. The number of halogens is 1. The van der Waals surface area contributed by atoms with Gasteiger partial charge in [0.1, 0.15) is 5.82 Å². The first-order valence-corrected chi connectivity index (χ1v) is 11.9. The Morgan fingerprint density at radius 3 is 2.72 bits per heavy atom. The Hall–Kier alpha value is -2.01. The van der Waals surface area contributed by atoms with Crippen molar-refractivity contribution in [1.82, 2.24) is 20.0 Å². The highest BCUT2D eigenvalue weighted by atomic mass is 32.2. The van der Waals surface area contributed by atoms with Crippen LogP contribution in [0.1, 0.15) is 4.88 Å². The average Bonchev–Trinajstić information content (AvgIpc) is 3.41. The molecule has 1 saturated heterocycles. The summed E-state index contributed by atoms with van der Waals surface area (Å²) >= 11 is 4.45. The second-order valence-corrected chi connectivity index (χ2v) is 9.74. The maximum Gasteiger partial charge on any atom is 0.233 e. The van der Waals surface area contributed by atoms with Gasteiger partial charge in [0.2, 0.25) is 11.0 Å². The molecule has 10 heteroatoms. The zero-order valence-electron chi connectivity index (χ0n) is 15.6. The second kappa shape index (κ2) is 9.66. The summed E-state index contributed by atoms with van der Waals surface area (Å²) in [5, 5.41) is 13.6. The molecule has 6 nitrogen and oxygen atoms in total. The molecular formula is C19H20FN5OS3. The molecular weight excluding hydrogens is 429 g/mol. The van der Waals surface area contributed by atoms with Gasteiger partial charge in [-0.05, 0) is 23.6 Å². The van der Waals surface area contributed by atoms with Crippen LogP contribution in [0, 0.1) is 5.82 Å². The molecule has 1 aromatic carbocycles. The Bertz CT molecular complexity index is 941. The molecule has 0 aliphatic carbocycles. The largest absolute Gasteiger partial charge is 0.339 e. The van der Waals surface area contributed by atoms with Crippen LogP contribution in [0.15, 0.2) is 46.1 Å². The van der Waals surface area contributed by atoms with Crippen LogP contribution in [0.3, 0.4) is 0 Å². The summed E-state index contributed by atoms with van der Waals surface area (Å²) in [4.78, 5) is 18.2. The van der Waals surface area contributed by atoms with E-state index in [-0.39, 0.29) is 11.7 Å². The predicted molar refractivity (Wildman–Crippen MR) is 116 cm³/mol. The van der Waals surface area contributed by atoms with E-state index in [0.29, 0.717) is 20.9 Å². The lowest BCUT2D eigenvalue weighted by Gasteiger charge is -2.34. The molecule has 0 bridgehead atoms. The standard InChI is InChI=1S/C19H20FN5OS3/c20-15-5-1-2-6-16(15)21-18-22-23-19(29-18)28-13-17(26)25-9-7-24(8-10-25)12-14-4-3-11-27-14/h1-6,11H,7-10,12-13H2,(H,21,22). The Balaban J connectivity index is 1.22. The van der Waals surface area contributed by atoms with Gasteiger partial charge >= 0.3 is 0 Å². The van der Waals surface area contributed by atoms with Crippen LogP contribution in [0.5, 0.6) is 0 Å². The van der Waals surface area contributed by atoms with Crippen LogP contribution in [-0.4, -0.2) is 57.8 Å². The zero-order valence-corrected chi connectivity index (χ0v) is 18.0. The van der Waals surface area contributed by atoms with Crippen molar-refractivity contribution < 1.29 is 9.18 Å². The number of para-hydroxylation sites is 1. The van der Waals surface area contributed by atoms with Crippen LogP contribution in [-0.2, 0) is 11.3 Å². The molecule has 0 unspecified atom stereocenters. The number of carbonyl (C=O) groups excluding carboxylic acids is 1. The average molecular weight is 450 g/mol. The van der Waals surface area contributed by atoms with E-state index < -0.39 is 0 Å². The molecule has 0 saturated carbocycles. The van der Waals surface area contributed by atoms with Gasteiger partial charge in [-0.15, -0.1) is 21.5 Å². The number of thiophene rings is 1. The third-order valence-electron chi connectivity index (χ3n) is 4.53. The summed E-state index contributed by atoms with van der Waals surface area (Å²) < 4.78 is 14.4. The maximum absolute atomic E-state index is 13.7. The van der Waals surface area contributed by atoms with Crippen molar-refractivity contribution in [3.63, 3.8) is 0 Å². The van der Waals surface area contributed by atoms with Gasteiger partial charge in [0.15, 0.2) is 4.34 Å². The van der Waals surface area contributed by atoms with Gasteiger partial charge in [-0.3, -0.25) is 9.69 Å². The molecule has 3 heterocycles. The number of benzene rings is 1. The van der Waals surface area contributed by atoms with Crippen molar-refractivity contribution in [3.8, 4) is 0 Å². The van der Waals surface area contributed by atoms with Gasteiger partial charge in [-0.1, -0.05) is 41.3 Å². The number of amides is 1. The quantitative estimate of drug-likeness (QED) is 0.552. The molecule has 2 aromatic heterocycles. The molecule has 3 aromatic rings. The van der Waals surface area contributed by atoms with Crippen molar-refractivity contribution in [1.29, 1.82) is 0 Å². The summed E-state index contributed by atoms with van der Waals surface area (Å²) in [7, 11) is 0. The fraction of sp³-hybridized carbons (Fsp3) is 0.316. The highest BCUT2D eigenvalue weighted by Crippen LogP contribution is 2.28. The van der Waals surface area contributed by atoms with E-state index in [9.17, 15) is 9.18 Å². The normalized spacial score (nSPS) is 14.9. The van der Waals surface area contributed by atoms with Crippen molar-refractivity contribution >= 4 is 51.2 Å². The van der Waals surface area contributed by atoms with Gasteiger partial charge in [-0.2, -0.15) is 0 Å². The number of rotatable bonds is 7. The minimum atomic E-state index is -0.342. The monoisotopic (exact) mass is 449 g/mol. The molecule has 1 amide bonds. The van der Waals surface area contributed by atoms with Gasteiger partial charge in [0.25, 0.3) is 0 Å². The Kier molecular flexibility index (Phi) is 6.75. The number of piperazine rings is 1. The number of nitrogens with zero attached hydrogens (tertiary/aromatic N) is 4. The molecule has 1 aliphatic heterocycles. The lowest BCUT2D eigenvalue weighted by Crippen LogP contribution is -2.48. The number of nitrogens with one attached hydrogen (secondary N) is 1. The number of anilines is 2. The van der Waals surface area contributed by atoms with Gasteiger partial charge in [-0.25, -0.2) is 4.39 Å². The van der Waals surface area contributed by atoms with E-state index in [1.165, 1.54) is 34.0 Å². The highest BCUT2D eigenvalue weighted by molar-refractivity contribution is 8.01. The number of thioether (sulfide) groups is 1. The topological polar surface area (TPSA) is 61.4 Å². The van der Waals surface area contributed by atoms with E-state index in [4.69, 9.17) is 0 Å². The first-order valence-electron chi connectivity index (χ1n) is 9.18. The van der Waals surface area contributed by atoms with Gasteiger partial charge in [0.05, 0.1) is 11.4 Å². The third kappa shape index (κ3) is 5.53. The van der Waals surface area contributed by atoms with E-state index in [1.54, 1.807) is 29.5 Å². The van der Waals surface area contributed by atoms with Crippen molar-refractivity contribution in [2.75, 3.05) is 37.2 Å². The molecule has 4 rings (SSSR count). The van der Waals surface area contributed by atoms with Crippen LogP contribution in [0.4, 0.5) is 15.2 Å². The van der Waals surface area contributed by atoms with E-state index >= 15 is 0 Å². The fourth-order valence-corrected chi connectivity index (χ4v) is 5.40. The van der Waals surface area contributed by atoms with Crippen molar-refractivity contribution in [2.24, 2.45) is 0 Å². The number of hydrogen-bond acceptors (Lipinski definition) is 8. The first kappa shape index (κ1) is 20.3. The molecule has 1 N–H and O–H groups in total. The third-order valence-corrected chi connectivity index (χ3v) is 7.34. The Morgan fingerprint density at radius 1 is 1.14 bits per heavy atom. The lowest BCUT2D eigenvalue weighted by molar-refractivity contribution is -0.130. The molecule has 1 aliphatic rings. The van der Waals surface area contributed by atoms with Crippen molar-refractivity contribution in [2.45, 2.75) is 10.9 Å².